The summed E-state index contributed by atoms with van der Waals surface area (Å²) >= 11 is 9.22. The van der Waals surface area contributed by atoms with Gasteiger partial charge in [0.05, 0.1) is 10.7 Å². The van der Waals surface area contributed by atoms with Crippen LogP contribution in [-0.2, 0) is 0 Å². The van der Waals surface area contributed by atoms with Gasteiger partial charge in [0, 0.05) is 12.6 Å². The van der Waals surface area contributed by atoms with Crippen LogP contribution in [0.4, 0.5) is 10.3 Å². The van der Waals surface area contributed by atoms with Crippen LogP contribution < -0.4 is 10.1 Å². The average molecular weight is 347 g/mol. The van der Waals surface area contributed by atoms with E-state index in [9.17, 15) is 4.39 Å². The molecule has 100 valence electrons. The van der Waals surface area contributed by atoms with E-state index in [1.54, 1.807) is 6.07 Å². The molecule has 0 radical (unpaired) electrons. The van der Waals surface area contributed by atoms with Crippen molar-refractivity contribution in [1.29, 1.82) is 0 Å². The number of anilines is 1. The van der Waals surface area contributed by atoms with E-state index in [2.05, 4.69) is 31.2 Å². The molecule has 0 fully saturated rings. The fourth-order valence-electron chi connectivity index (χ4n) is 1.33. The summed E-state index contributed by atoms with van der Waals surface area (Å²) in [6, 6.07) is 4.11. The molecule has 2 rings (SSSR count). The smallest absolute Gasteiger partial charge is 0.243 e. The molecule has 0 spiro atoms. The van der Waals surface area contributed by atoms with E-state index >= 15 is 0 Å². The van der Waals surface area contributed by atoms with E-state index in [0.717, 1.165) is 0 Å². The van der Waals surface area contributed by atoms with E-state index in [4.69, 9.17) is 16.3 Å². The van der Waals surface area contributed by atoms with Gasteiger partial charge in [-0.1, -0.05) is 11.6 Å². The number of hydrogen-bond donors (Lipinski definition) is 1. The lowest BCUT2D eigenvalue weighted by molar-refractivity contribution is 0.455. The second kappa shape index (κ2) is 6.16. The minimum absolute atomic E-state index is 0.166. The fourth-order valence-corrected chi connectivity index (χ4v) is 1.78. The van der Waals surface area contributed by atoms with Gasteiger partial charge < -0.3 is 10.1 Å². The molecule has 0 unspecified atom stereocenters. The Hall–Kier alpha value is -1.40. The monoisotopic (exact) mass is 345 g/mol. The summed E-state index contributed by atoms with van der Waals surface area (Å²) < 4.78 is 19.3. The summed E-state index contributed by atoms with van der Waals surface area (Å²) in [5, 5.41) is 3.19. The van der Waals surface area contributed by atoms with Crippen molar-refractivity contribution in [2.24, 2.45) is 0 Å². The highest BCUT2D eigenvalue weighted by atomic mass is 79.9. The number of nitrogens with zero attached hydrogens (tertiary/aromatic N) is 2. The number of halogens is 3. The second-order valence-corrected chi connectivity index (χ2v) is 4.82. The number of ether oxygens (including phenoxy) is 1. The molecule has 0 atom stereocenters. The molecule has 0 aliphatic rings. The molecule has 7 heteroatoms. The van der Waals surface area contributed by atoms with Crippen LogP contribution in [0.3, 0.4) is 0 Å². The highest BCUT2D eigenvalue weighted by Gasteiger charge is 2.10. The van der Waals surface area contributed by atoms with Crippen LogP contribution in [-0.4, -0.2) is 16.5 Å². The van der Waals surface area contributed by atoms with Crippen LogP contribution in [0.5, 0.6) is 11.6 Å². The van der Waals surface area contributed by atoms with E-state index in [1.165, 1.54) is 18.3 Å². The Labute approximate surface area is 123 Å². The third kappa shape index (κ3) is 3.54. The van der Waals surface area contributed by atoms with Crippen molar-refractivity contribution in [3.8, 4) is 11.6 Å². The van der Waals surface area contributed by atoms with Crippen LogP contribution in [0.15, 0.2) is 28.9 Å². The van der Waals surface area contributed by atoms with Crippen LogP contribution in [0.2, 0.25) is 5.02 Å². The predicted octanol–water partition coefficient (Wildman–Crippen LogP) is 4.26. The van der Waals surface area contributed by atoms with Crippen LogP contribution in [0.1, 0.15) is 6.92 Å². The fraction of sp³-hybridized carbons (Fsp3) is 0.167. The highest BCUT2D eigenvalue weighted by molar-refractivity contribution is 9.10. The van der Waals surface area contributed by atoms with Gasteiger partial charge in [-0.3, -0.25) is 0 Å². The Bertz CT molecular complexity index is 597. The molecule has 1 N–H and O–H groups in total. The van der Waals surface area contributed by atoms with Gasteiger partial charge in [0.2, 0.25) is 11.8 Å². The van der Waals surface area contributed by atoms with E-state index in [1.807, 2.05) is 6.92 Å². The molecule has 0 saturated carbocycles. The molecule has 0 amide bonds. The first-order chi connectivity index (χ1) is 9.10. The number of hydrogen-bond acceptors (Lipinski definition) is 4. The molecule has 0 aliphatic heterocycles. The molecule has 1 heterocycles. The zero-order chi connectivity index (χ0) is 13.8. The molecule has 0 saturated heterocycles. The normalized spacial score (nSPS) is 10.3. The van der Waals surface area contributed by atoms with E-state index in [0.29, 0.717) is 22.7 Å². The molecule has 2 aromatic rings. The Morgan fingerprint density at radius 1 is 1.47 bits per heavy atom. The van der Waals surface area contributed by atoms with Gasteiger partial charge >= 0.3 is 0 Å². The summed E-state index contributed by atoms with van der Waals surface area (Å²) in [5.41, 5.74) is 0. The lowest BCUT2D eigenvalue weighted by Crippen LogP contribution is -2.03. The molecule has 1 aromatic carbocycles. The summed E-state index contributed by atoms with van der Waals surface area (Å²) in [4.78, 5) is 8.10. The maximum atomic E-state index is 13.2. The highest BCUT2D eigenvalue weighted by Crippen LogP contribution is 2.32. The predicted molar refractivity (Wildman–Crippen MR) is 75.4 cm³/mol. The zero-order valence-corrected chi connectivity index (χ0v) is 12.3. The Kier molecular flexibility index (Phi) is 4.55. The average Bonchev–Trinajstić information content (AvgIpc) is 2.38. The SMILES string of the molecule is CCNc1ncc(Cl)c(Oc2cc(F)ccc2Br)n1. The Morgan fingerprint density at radius 3 is 3.00 bits per heavy atom. The quantitative estimate of drug-likeness (QED) is 0.899. The largest absolute Gasteiger partial charge is 0.436 e. The van der Waals surface area contributed by atoms with Crippen LogP contribution in [0, 0.1) is 5.82 Å². The van der Waals surface area contributed by atoms with Crippen molar-refractivity contribution in [1.82, 2.24) is 9.97 Å². The molecule has 4 nitrogen and oxygen atoms in total. The maximum absolute atomic E-state index is 13.2. The summed E-state index contributed by atoms with van der Waals surface area (Å²) in [5.74, 6) is 0.451. The van der Waals surface area contributed by atoms with Gasteiger partial charge in [-0.15, -0.1) is 0 Å². The molecule has 19 heavy (non-hydrogen) atoms. The maximum Gasteiger partial charge on any atom is 0.243 e. The number of nitrogens with one attached hydrogen (secondary N) is 1. The van der Waals surface area contributed by atoms with Gasteiger partial charge in [-0.05, 0) is 35.0 Å². The van der Waals surface area contributed by atoms with Crippen molar-refractivity contribution in [3.63, 3.8) is 0 Å². The zero-order valence-electron chi connectivity index (χ0n) is 9.95. The Morgan fingerprint density at radius 2 is 2.26 bits per heavy atom. The van der Waals surface area contributed by atoms with Gasteiger partial charge in [0.1, 0.15) is 16.6 Å². The summed E-state index contributed by atoms with van der Waals surface area (Å²) in [6.45, 7) is 2.59. The summed E-state index contributed by atoms with van der Waals surface area (Å²) in [6.07, 6.45) is 1.43. The number of benzene rings is 1. The van der Waals surface area contributed by atoms with Crippen LogP contribution in [0.25, 0.3) is 0 Å². The lowest BCUT2D eigenvalue weighted by atomic mass is 10.3. The van der Waals surface area contributed by atoms with Crippen molar-refractivity contribution < 1.29 is 9.13 Å². The Balaban J connectivity index is 2.31. The number of rotatable bonds is 4. The molecular formula is C12H10BrClFN3O. The lowest BCUT2D eigenvalue weighted by Gasteiger charge is -2.09. The van der Waals surface area contributed by atoms with Crippen molar-refractivity contribution in [2.45, 2.75) is 6.92 Å². The second-order valence-electron chi connectivity index (χ2n) is 3.55. The molecule has 1 aromatic heterocycles. The van der Waals surface area contributed by atoms with Gasteiger partial charge in [0.25, 0.3) is 0 Å². The molecule has 0 bridgehead atoms. The van der Waals surface area contributed by atoms with Crippen molar-refractivity contribution in [3.05, 3.63) is 39.7 Å². The standard InChI is InChI=1S/C12H10BrClFN3O/c1-2-16-12-17-6-9(14)11(18-12)19-10-5-7(15)3-4-8(10)13/h3-6H,2H2,1H3,(H,16,17,18). The third-order valence-corrected chi connectivity index (χ3v) is 3.06. The first kappa shape index (κ1) is 14.0. The van der Waals surface area contributed by atoms with E-state index < -0.39 is 5.82 Å². The van der Waals surface area contributed by atoms with Crippen LogP contribution >= 0.6 is 27.5 Å². The topological polar surface area (TPSA) is 47.0 Å². The van der Waals surface area contributed by atoms with Crippen molar-refractivity contribution >= 4 is 33.5 Å². The van der Waals surface area contributed by atoms with Gasteiger partial charge in [-0.2, -0.15) is 4.98 Å². The third-order valence-electron chi connectivity index (χ3n) is 2.15. The summed E-state index contributed by atoms with van der Waals surface area (Å²) in [7, 11) is 0. The van der Waals surface area contributed by atoms with Gasteiger partial charge in [0.15, 0.2) is 0 Å². The molecular weight excluding hydrogens is 337 g/mol. The van der Waals surface area contributed by atoms with Crippen molar-refractivity contribution in [2.75, 3.05) is 11.9 Å². The number of aromatic nitrogens is 2. The minimum Gasteiger partial charge on any atom is -0.436 e. The first-order valence-electron chi connectivity index (χ1n) is 5.49. The van der Waals surface area contributed by atoms with Gasteiger partial charge in [-0.25, -0.2) is 9.37 Å². The first-order valence-corrected chi connectivity index (χ1v) is 6.66. The molecule has 0 aliphatic carbocycles. The van der Waals surface area contributed by atoms with E-state index in [-0.39, 0.29) is 10.9 Å². The minimum atomic E-state index is -0.407.